The monoisotopic (exact) mass is 773 g/mol. The molecule has 18 heteroatoms. The second kappa shape index (κ2) is 15.7. The minimum Gasteiger partial charge on any atom is -0.454 e. The third-order valence-corrected chi connectivity index (χ3v) is 10.5. The fourth-order valence-electron chi connectivity index (χ4n) is 6.35. The molecule has 286 valence electrons. The summed E-state index contributed by atoms with van der Waals surface area (Å²) in [5, 5.41) is 15.3. The first-order valence-electron chi connectivity index (χ1n) is 17.2. The lowest BCUT2D eigenvalue weighted by Gasteiger charge is -2.39. The van der Waals surface area contributed by atoms with E-state index in [0.717, 1.165) is 29.4 Å². The van der Waals surface area contributed by atoms with Gasteiger partial charge < -0.3 is 25.2 Å². The Bertz CT molecular complexity index is 2290. The minimum absolute atomic E-state index is 0.0379. The SMILES string of the molecule is CC(C)N1CC(C(=O)Nc2ccc(Oc3ccnc(Nc4ccc(C#N)c(N5CCN(S(C)(=O)=O)[C@H](C)C5)n4)c3)c(F)c2)C(=O)N(c2ccc(F)cc2)C1=O. The highest BCUT2D eigenvalue weighted by Crippen LogP contribution is 2.31. The van der Waals surface area contributed by atoms with E-state index in [1.807, 2.05) is 4.90 Å². The standard InChI is InChI=1S/C37H37F2N9O6S/c1-22(2)46-21-29(36(50)48(37(46)51)27-9-6-25(38)7-10-27)35(49)42-26-8-11-31(30(39)17-26)54-28-13-14-41-33(18-28)43-32-12-5-24(19-40)34(44-32)45-15-16-47(23(3)20-45)55(4,52)53/h5-14,17-18,22-23,29H,15-16,20-21H2,1-4H3,(H,42,49)(H,41,43,44)/t23-,29?/m1/s1. The average Bonchev–Trinajstić information content (AvgIpc) is 3.13. The highest BCUT2D eigenvalue weighted by Gasteiger charge is 2.44. The number of aromatic nitrogens is 2. The number of imide groups is 1. The van der Waals surface area contributed by atoms with Crippen molar-refractivity contribution in [1.82, 2.24) is 19.2 Å². The molecule has 55 heavy (non-hydrogen) atoms. The first-order chi connectivity index (χ1) is 26.1. The van der Waals surface area contributed by atoms with Crippen molar-refractivity contribution < 1.29 is 36.3 Å². The highest BCUT2D eigenvalue weighted by molar-refractivity contribution is 7.88. The summed E-state index contributed by atoms with van der Waals surface area (Å²) in [5.41, 5.74) is 0.461. The van der Waals surface area contributed by atoms with Gasteiger partial charge in [-0.2, -0.15) is 9.57 Å². The van der Waals surface area contributed by atoms with Crippen LogP contribution < -0.4 is 25.2 Å². The first-order valence-corrected chi connectivity index (χ1v) is 19.0. The maximum atomic E-state index is 15.4. The van der Waals surface area contributed by atoms with Gasteiger partial charge in [0.15, 0.2) is 11.6 Å². The topological polar surface area (TPSA) is 181 Å². The van der Waals surface area contributed by atoms with Crippen LogP contribution in [0.3, 0.4) is 0 Å². The predicted octanol–water partition coefficient (Wildman–Crippen LogP) is 5.06. The Hall–Kier alpha value is -6.19. The molecule has 4 aromatic rings. The number of nitrogens with zero attached hydrogens (tertiary/aromatic N) is 7. The molecular weight excluding hydrogens is 737 g/mol. The number of piperazine rings is 1. The molecule has 0 bridgehead atoms. The molecule has 15 nitrogen and oxygen atoms in total. The van der Waals surface area contributed by atoms with E-state index < -0.39 is 45.4 Å². The Morgan fingerprint density at radius 3 is 2.40 bits per heavy atom. The van der Waals surface area contributed by atoms with Crippen molar-refractivity contribution in [2.75, 3.05) is 52.9 Å². The zero-order valence-corrected chi connectivity index (χ0v) is 31.0. The number of carbonyl (C=O) groups is 3. The maximum Gasteiger partial charge on any atom is 0.331 e. The van der Waals surface area contributed by atoms with Crippen LogP contribution in [0.25, 0.3) is 0 Å². The lowest BCUT2D eigenvalue weighted by Crippen LogP contribution is -2.61. The van der Waals surface area contributed by atoms with Crippen LogP contribution in [0.1, 0.15) is 26.3 Å². The van der Waals surface area contributed by atoms with Crippen molar-refractivity contribution in [2.24, 2.45) is 5.92 Å². The average molecular weight is 774 g/mol. The van der Waals surface area contributed by atoms with Crippen LogP contribution in [0.15, 0.2) is 72.9 Å². The first kappa shape index (κ1) is 38.5. The number of ether oxygens (including phenoxy) is 1. The van der Waals surface area contributed by atoms with Crippen molar-refractivity contribution in [1.29, 1.82) is 5.26 Å². The van der Waals surface area contributed by atoms with Gasteiger partial charge in [-0.25, -0.2) is 36.9 Å². The molecule has 2 aliphatic heterocycles. The van der Waals surface area contributed by atoms with Gasteiger partial charge >= 0.3 is 6.03 Å². The van der Waals surface area contributed by atoms with Crippen LogP contribution in [0.4, 0.5) is 42.4 Å². The van der Waals surface area contributed by atoms with Crippen LogP contribution >= 0.6 is 0 Å². The number of nitriles is 1. The van der Waals surface area contributed by atoms with Gasteiger partial charge in [-0.05, 0) is 75.4 Å². The van der Waals surface area contributed by atoms with Gasteiger partial charge in [0.2, 0.25) is 21.8 Å². The second-order valence-electron chi connectivity index (χ2n) is 13.3. The Balaban J connectivity index is 1.13. The van der Waals surface area contributed by atoms with E-state index in [1.165, 1.54) is 51.8 Å². The zero-order valence-electron chi connectivity index (χ0n) is 30.2. The summed E-state index contributed by atoms with van der Waals surface area (Å²) in [6.07, 6.45) is 2.60. The lowest BCUT2D eigenvalue weighted by atomic mass is 10.0. The van der Waals surface area contributed by atoms with Crippen molar-refractivity contribution in [3.63, 3.8) is 0 Å². The smallest absolute Gasteiger partial charge is 0.331 e. The van der Waals surface area contributed by atoms with Gasteiger partial charge in [0.25, 0.3) is 0 Å². The number of hydrogen-bond acceptors (Lipinski definition) is 11. The number of benzene rings is 2. The highest BCUT2D eigenvalue weighted by atomic mass is 32.2. The molecule has 1 unspecified atom stereocenters. The molecule has 0 radical (unpaired) electrons. The molecule has 0 spiro atoms. The largest absolute Gasteiger partial charge is 0.454 e. The Labute approximate surface area is 316 Å². The van der Waals surface area contributed by atoms with E-state index in [9.17, 15) is 32.5 Å². The summed E-state index contributed by atoms with van der Waals surface area (Å²) in [5.74, 6) is -3.22. The Morgan fingerprint density at radius 1 is 1.00 bits per heavy atom. The number of hydrogen-bond donors (Lipinski definition) is 2. The Kier molecular flexibility index (Phi) is 11.0. The molecule has 6 rings (SSSR count). The van der Waals surface area contributed by atoms with Crippen LogP contribution in [0.2, 0.25) is 0 Å². The van der Waals surface area contributed by atoms with Crippen LogP contribution in [0, 0.1) is 28.9 Å². The number of sulfonamides is 1. The van der Waals surface area contributed by atoms with E-state index in [0.29, 0.717) is 36.1 Å². The van der Waals surface area contributed by atoms with E-state index >= 15 is 4.39 Å². The molecule has 4 amide bonds. The van der Waals surface area contributed by atoms with Crippen LogP contribution in [0.5, 0.6) is 11.5 Å². The molecule has 2 aliphatic rings. The van der Waals surface area contributed by atoms with Gasteiger partial charge in [-0.3, -0.25) is 9.59 Å². The van der Waals surface area contributed by atoms with Crippen LogP contribution in [-0.2, 0) is 19.6 Å². The molecule has 2 aromatic heterocycles. The number of nitrogens with one attached hydrogen (secondary N) is 2. The molecule has 4 heterocycles. The summed E-state index contributed by atoms with van der Waals surface area (Å²) in [6, 6.07) is 15.5. The second-order valence-corrected chi connectivity index (χ2v) is 15.3. The summed E-state index contributed by atoms with van der Waals surface area (Å²) in [6.45, 7) is 5.96. The van der Waals surface area contributed by atoms with Gasteiger partial charge in [0.05, 0.1) is 17.5 Å². The molecule has 2 fully saturated rings. The van der Waals surface area contributed by atoms with Crippen molar-refractivity contribution in [2.45, 2.75) is 32.9 Å². The molecule has 2 saturated heterocycles. The predicted molar refractivity (Wildman–Crippen MR) is 199 cm³/mol. The number of halogens is 2. The number of pyridine rings is 2. The fourth-order valence-corrected chi connectivity index (χ4v) is 7.48. The summed E-state index contributed by atoms with van der Waals surface area (Å²) in [4.78, 5) is 53.0. The van der Waals surface area contributed by atoms with Gasteiger partial charge in [-0.15, -0.1) is 0 Å². The third-order valence-electron chi connectivity index (χ3n) is 9.06. The summed E-state index contributed by atoms with van der Waals surface area (Å²) in [7, 11) is -3.39. The Morgan fingerprint density at radius 2 is 1.75 bits per heavy atom. The third kappa shape index (κ3) is 8.47. The zero-order chi connectivity index (χ0) is 39.6. The quantitative estimate of drug-likeness (QED) is 0.206. The van der Waals surface area contributed by atoms with Gasteiger partial charge in [-0.1, -0.05) is 0 Å². The molecule has 2 N–H and O–H groups in total. The number of carbonyl (C=O) groups excluding carboxylic acids is 3. The molecular formula is C37H37F2N9O6S. The summed E-state index contributed by atoms with van der Waals surface area (Å²) >= 11 is 0. The lowest BCUT2D eigenvalue weighted by molar-refractivity contribution is -0.132. The number of urea groups is 1. The molecule has 0 aliphatic carbocycles. The maximum absolute atomic E-state index is 15.4. The molecule has 2 aromatic carbocycles. The van der Waals surface area contributed by atoms with Gasteiger partial charge in [0, 0.05) is 62.3 Å². The van der Waals surface area contributed by atoms with E-state index in [-0.39, 0.29) is 48.0 Å². The van der Waals surface area contributed by atoms with Crippen LogP contribution in [-0.4, -0.2) is 90.0 Å². The van der Waals surface area contributed by atoms with Crippen molar-refractivity contribution >= 4 is 56.7 Å². The number of rotatable bonds is 10. The van der Waals surface area contributed by atoms with Crippen molar-refractivity contribution in [3.8, 4) is 17.6 Å². The van der Waals surface area contributed by atoms with E-state index in [4.69, 9.17) is 4.74 Å². The fraction of sp³-hybridized carbons (Fsp3) is 0.297. The number of anilines is 5. The van der Waals surface area contributed by atoms with Crippen molar-refractivity contribution in [3.05, 3.63) is 90.1 Å². The normalized spacial score (nSPS) is 18.0. The summed E-state index contributed by atoms with van der Waals surface area (Å²) < 4.78 is 60.4. The van der Waals surface area contributed by atoms with E-state index in [1.54, 1.807) is 32.9 Å². The van der Waals surface area contributed by atoms with E-state index in [2.05, 4.69) is 26.7 Å². The minimum atomic E-state index is -3.39. The number of amides is 4. The van der Waals surface area contributed by atoms with Gasteiger partial charge in [0.1, 0.15) is 41.0 Å². The molecule has 2 atom stereocenters. The molecule has 0 saturated carbocycles.